The van der Waals surface area contributed by atoms with Crippen LogP contribution in [0.5, 0.6) is 0 Å². The number of ether oxygens (including phenoxy) is 1. The predicted octanol–water partition coefficient (Wildman–Crippen LogP) is 3.97. The number of carbonyl (C=O) groups is 1. The van der Waals surface area contributed by atoms with Crippen molar-refractivity contribution in [3.05, 3.63) is 64.1 Å². The van der Waals surface area contributed by atoms with Crippen molar-refractivity contribution in [2.75, 3.05) is 12.4 Å². The van der Waals surface area contributed by atoms with Gasteiger partial charge >= 0.3 is 5.97 Å². The van der Waals surface area contributed by atoms with Crippen molar-refractivity contribution in [1.29, 1.82) is 0 Å². The Morgan fingerprint density at radius 2 is 2.00 bits per heavy atom. The largest absolute Gasteiger partial charge is 0.465 e. The molecule has 1 aromatic carbocycles. The van der Waals surface area contributed by atoms with Gasteiger partial charge in [-0.1, -0.05) is 12.1 Å². The predicted molar refractivity (Wildman–Crippen MR) is 99.2 cm³/mol. The fraction of sp³-hybridized carbons (Fsp3) is 0.300. The van der Waals surface area contributed by atoms with Gasteiger partial charge in [-0.15, -0.1) is 0 Å². The van der Waals surface area contributed by atoms with Gasteiger partial charge in [0.2, 0.25) is 0 Å². The Morgan fingerprint density at radius 3 is 2.72 bits per heavy atom. The van der Waals surface area contributed by atoms with Gasteiger partial charge in [-0.3, -0.25) is 0 Å². The molecule has 0 saturated heterocycles. The second kappa shape index (κ2) is 6.59. The zero-order valence-corrected chi connectivity index (χ0v) is 15.3. The number of hydrogen-bond acceptors (Lipinski definition) is 4. The molecule has 0 unspecified atom stereocenters. The highest BCUT2D eigenvalue weighted by Crippen LogP contribution is 2.23. The van der Waals surface area contributed by atoms with Crippen molar-refractivity contribution in [3.63, 3.8) is 0 Å². The highest BCUT2D eigenvalue weighted by Gasteiger charge is 2.15. The molecule has 0 atom stereocenters. The number of fused-ring (bicyclic) bond motifs is 1. The molecule has 25 heavy (non-hydrogen) atoms. The number of methoxy groups -OCH3 is 1. The second-order valence-corrected chi connectivity index (χ2v) is 6.35. The first-order valence-electron chi connectivity index (χ1n) is 8.29. The number of imidazole rings is 1. The van der Waals surface area contributed by atoms with Gasteiger partial charge in [0.15, 0.2) is 5.65 Å². The standard InChI is InChI=1S/C20H23N3O2/c1-12-9-18(19-22-14(3)15(4)23(19)11-12)21-10-17-13(2)7-6-8-16(17)20(24)25-5/h6-9,11,21H,10H2,1-5H3. The first-order valence-corrected chi connectivity index (χ1v) is 8.29. The normalized spacial score (nSPS) is 10.9. The van der Waals surface area contributed by atoms with Crippen LogP contribution in [0, 0.1) is 27.7 Å². The van der Waals surface area contributed by atoms with Crippen molar-refractivity contribution in [2.45, 2.75) is 34.2 Å². The minimum atomic E-state index is -0.317. The van der Waals surface area contributed by atoms with E-state index in [0.29, 0.717) is 12.1 Å². The molecule has 0 amide bonds. The molecular formula is C20H23N3O2. The van der Waals surface area contributed by atoms with E-state index in [-0.39, 0.29) is 5.97 Å². The Labute approximate surface area is 147 Å². The Balaban J connectivity index is 1.99. The van der Waals surface area contributed by atoms with Crippen LogP contribution in [0.15, 0.2) is 30.5 Å². The van der Waals surface area contributed by atoms with E-state index < -0.39 is 0 Å². The van der Waals surface area contributed by atoms with Gasteiger partial charge in [-0.2, -0.15) is 0 Å². The summed E-state index contributed by atoms with van der Waals surface area (Å²) in [5, 5.41) is 3.45. The van der Waals surface area contributed by atoms with Gasteiger partial charge in [-0.05, 0) is 56.5 Å². The monoisotopic (exact) mass is 337 g/mol. The lowest BCUT2D eigenvalue weighted by Gasteiger charge is -2.14. The number of aryl methyl sites for hydroxylation is 4. The van der Waals surface area contributed by atoms with Crippen LogP contribution in [0.4, 0.5) is 5.69 Å². The van der Waals surface area contributed by atoms with E-state index in [1.54, 1.807) is 6.07 Å². The molecule has 2 aromatic heterocycles. The number of hydrogen-bond donors (Lipinski definition) is 1. The van der Waals surface area contributed by atoms with E-state index in [1.807, 2.05) is 26.0 Å². The van der Waals surface area contributed by atoms with Crippen LogP contribution < -0.4 is 5.32 Å². The maximum absolute atomic E-state index is 12.0. The molecule has 0 radical (unpaired) electrons. The molecule has 0 spiro atoms. The molecule has 0 bridgehead atoms. The molecule has 0 aliphatic carbocycles. The number of anilines is 1. The van der Waals surface area contributed by atoms with E-state index in [1.165, 1.54) is 7.11 Å². The minimum Gasteiger partial charge on any atom is -0.465 e. The van der Waals surface area contributed by atoms with Crippen molar-refractivity contribution in [3.8, 4) is 0 Å². The smallest absolute Gasteiger partial charge is 0.338 e. The quantitative estimate of drug-likeness (QED) is 0.732. The Kier molecular flexibility index (Phi) is 4.49. The first-order chi connectivity index (χ1) is 11.9. The third-order valence-electron chi connectivity index (χ3n) is 4.60. The topological polar surface area (TPSA) is 55.6 Å². The van der Waals surface area contributed by atoms with E-state index >= 15 is 0 Å². The summed E-state index contributed by atoms with van der Waals surface area (Å²) < 4.78 is 7.01. The van der Waals surface area contributed by atoms with Crippen LogP contribution in [-0.4, -0.2) is 22.5 Å². The van der Waals surface area contributed by atoms with Crippen LogP contribution in [0.1, 0.15) is 38.4 Å². The summed E-state index contributed by atoms with van der Waals surface area (Å²) in [7, 11) is 1.40. The average molecular weight is 337 g/mol. The third-order valence-corrected chi connectivity index (χ3v) is 4.60. The molecule has 130 valence electrons. The zero-order valence-electron chi connectivity index (χ0n) is 15.3. The molecule has 0 fully saturated rings. The van der Waals surface area contributed by atoms with Gasteiger partial charge in [0.05, 0.1) is 24.1 Å². The molecule has 1 N–H and O–H groups in total. The van der Waals surface area contributed by atoms with Gasteiger partial charge in [0.25, 0.3) is 0 Å². The summed E-state index contributed by atoms with van der Waals surface area (Å²) >= 11 is 0. The van der Waals surface area contributed by atoms with E-state index in [9.17, 15) is 4.79 Å². The summed E-state index contributed by atoms with van der Waals surface area (Å²) in [5.41, 5.74) is 7.73. The van der Waals surface area contributed by atoms with Crippen molar-refractivity contribution < 1.29 is 9.53 Å². The summed E-state index contributed by atoms with van der Waals surface area (Å²) in [5.74, 6) is -0.317. The van der Waals surface area contributed by atoms with Crippen molar-refractivity contribution in [1.82, 2.24) is 9.38 Å². The Morgan fingerprint density at radius 1 is 1.24 bits per heavy atom. The van der Waals surface area contributed by atoms with Crippen molar-refractivity contribution >= 4 is 17.3 Å². The highest BCUT2D eigenvalue weighted by atomic mass is 16.5. The summed E-state index contributed by atoms with van der Waals surface area (Å²) in [4.78, 5) is 16.7. The van der Waals surface area contributed by atoms with Crippen LogP contribution in [0.2, 0.25) is 0 Å². The number of pyridine rings is 1. The van der Waals surface area contributed by atoms with Crippen LogP contribution >= 0.6 is 0 Å². The number of rotatable bonds is 4. The van der Waals surface area contributed by atoms with Gasteiger partial charge in [0, 0.05) is 18.4 Å². The third kappa shape index (κ3) is 3.09. The number of carbonyl (C=O) groups excluding carboxylic acids is 1. The van der Waals surface area contributed by atoms with Crippen molar-refractivity contribution in [2.24, 2.45) is 0 Å². The maximum atomic E-state index is 12.0. The first kappa shape index (κ1) is 17.0. The van der Waals surface area contributed by atoms with E-state index in [2.05, 4.69) is 40.8 Å². The molecule has 3 aromatic rings. The lowest BCUT2D eigenvalue weighted by Crippen LogP contribution is -2.11. The van der Waals surface area contributed by atoms with Crippen LogP contribution in [0.3, 0.4) is 0 Å². The van der Waals surface area contributed by atoms with Crippen LogP contribution in [0.25, 0.3) is 5.65 Å². The van der Waals surface area contributed by atoms with Gasteiger partial charge in [0.1, 0.15) is 0 Å². The van der Waals surface area contributed by atoms with Crippen LogP contribution in [-0.2, 0) is 11.3 Å². The molecule has 5 heteroatoms. The van der Waals surface area contributed by atoms with E-state index in [0.717, 1.165) is 39.4 Å². The average Bonchev–Trinajstić information content (AvgIpc) is 2.87. The maximum Gasteiger partial charge on any atom is 0.338 e. The number of nitrogens with one attached hydrogen (secondary N) is 1. The highest BCUT2D eigenvalue weighted by molar-refractivity contribution is 5.91. The Hall–Kier alpha value is -2.82. The summed E-state index contributed by atoms with van der Waals surface area (Å²) in [6.07, 6.45) is 2.09. The lowest BCUT2D eigenvalue weighted by molar-refractivity contribution is 0.0599. The molecular weight excluding hydrogens is 314 g/mol. The second-order valence-electron chi connectivity index (χ2n) is 6.35. The molecule has 0 aliphatic heterocycles. The molecule has 5 nitrogen and oxygen atoms in total. The fourth-order valence-electron chi connectivity index (χ4n) is 3.06. The SMILES string of the molecule is COC(=O)c1cccc(C)c1CNc1cc(C)cn2c(C)c(C)nc12. The lowest BCUT2D eigenvalue weighted by atomic mass is 10.0. The molecule has 0 aliphatic rings. The fourth-order valence-corrected chi connectivity index (χ4v) is 3.06. The number of esters is 1. The number of aromatic nitrogens is 2. The van der Waals surface area contributed by atoms with Gasteiger partial charge in [-0.25, -0.2) is 9.78 Å². The molecule has 0 saturated carbocycles. The minimum absolute atomic E-state index is 0.317. The zero-order chi connectivity index (χ0) is 18.1. The van der Waals surface area contributed by atoms with Gasteiger partial charge < -0.3 is 14.5 Å². The van der Waals surface area contributed by atoms with E-state index in [4.69, 9.17) is 4.74 Å². The molecule has 3 rings (SSSR count). The number of benzene rings is 1. The molecule has 2 heterocycles. The number of nitrogens with zero attached hydrogens (tertiary/aromatic N) is 2. The summed E-state index contributed by atoms with van der Waals surface area (Å²) in [6, 6.07) is 7.75. The summed E-state index contributed by atoms with van der Waals surface area (Å²) in [6.45, 7) is 8.67. The Bertz CT molecular complexity index is 957.